The second kappa shape index (κ2) is 6.31. The molecule has 2 rings (SSSR count). The van der Waals surface area contributed by atoms with E-state index in [4.69, 9.17) is 10.5 Å². The Labute approximate surface area is 112 Å². The monoisotopic (exact) mass is 268 g/mol. The van der Waals surface area contributed by atoms with Gasteiger partial charge in [-0.25, -0.2) is 0 Å². The number of nitrogens with zero attached hydrogens (tertiary/aromatic N) is 1. The van der Waals surface area contributed by atoms with Crippen LogP contribution in [-0.4, -0.2) is 36.1 Å². The Kier molecular flexibility index (Phi) is 4.74. The summed E-state index contributed by atoms with van der Waals surface area (Å²) in [5.41, 5.74) is 5.71. The molecule has 0 saturated carbocycles. The van der Waals surface area contributed by atoms with E-state index in [1.807, 2.05) is 22.4 Å². The molecule has 4 nitrogen and oxygen atoms in total. The molecule has 0 spiro atoms. The first-order chi connectivity index (χ1) is 8.66. The Morgan fingerprint density at radius 3 is 3.11 bits per heavy atom. The Bertz CT molecular complexity index is 372. The number of nitrogens with two attached hydrogens (primary N) is 1. The SMILES string of the molecule is CC(N)C(=O)N(Cc1cccs1)CC1CCCO1. The summed E-state index contributed by atoms with van der Waals surface area (Å²) in [6.45, 7) is 3.83. The van der Waals surface area contributed by atoms with Crippen LogP contribution >= 0.6 is 11.3 Å². The van der Waals surface area contributed by atoms with Crippen LogP contribution in [0.2, 0.25) is 0 Å². The van der Waals surface area contributed by atoms with E-state index in [1.165, 1.54) is 4.88 Å². The van der Waals surface area contributed by atoms with Crippen LogP contribution in [0.15, 0.2) is 17.5 Å². The van der Waals surface area contributed by atoms with Crippen LogP contribution in [0, 0.1) is 0 Å². The zero-order valence-corrected chi connectivity index (χ0v) is 11.5. The normalized spacial score (nSPS) is 20.9. The molecule has 1 fully saturated rings. The summed E-state index contributed by atoms with van der Waals surface area (Å²) in [6, 6.07) is 3.59. The first-order valence-electron chi connectivity index (χ1n) is 6.35. The van der Waals surface area contributed by atoms with Gasteiger partial charge in [0, 0.05) is 18.0 Å². The average molecular weight is 268 g/mol. The molecule has 2 unspecified atom stereocenters. The summed E-state index contributed by atoms with van der Waals surface area (Å²) in [5, 5.41) is 2.02. The Morgan fingerprint density at radius 1 is 1.72 bits per heavy atom. The van der Waals surface area contributed by atoms with Crippen molar-refractivity contribution in [3.63, 3.8) is 0 Å². The fraction of sp³-hybridized carbons (Fsp3) is 0.615. The van der Waals surface area contributed by atoms with Crippen molar-refractivity contribution in [2.45, 2.75) is 38.5 Å². The molecule has 1 aromatic heterocycles. The Balaban J connectivity index is 1.99. The predicted molar refractivity (Wildman–Crippen MR) is 72.4 cm³/mol. The fourth-order valence-corrected chi connectivity index (χ4v) is 2.86. The van der Waals surface area contributed by atoms with Crippen molar-refractivity contribution >= 4 is 17.2 Å². The first-order valence-corrected chi connectivity index (χ1v) is 7.23. The number of carbonyl (C=O) groups is 1. The lowest BCUT2D eigenvalue weighted by Crippen LogP contribution is -2.44. The van der Waals surface area contributed by atoms with Gasteiger partial charge in [-0.3, -0.25) is 4.79 Å². The van der Waals surface area contributed by atoms with E-state index in [2.05, 4.69) is 0 Å². The number of rotatable bonds is 5. The first kappa shape index (κ1) is 13.5. The van der Waals surface area contributed by atoms with Crippen LogP contribution < -0.4 is 5.73 Å². The van der Waals surface area contributed by atoms with Crippen molar-refractivity contribution in [2.24, 2.45) is 5.73 Å². The molecule has 100 valence electrons. The number of amides is 1. The Hall–Kier alpha value is -0.910. The maximum atomic E-state index is 12.1. The van der Waals surface area contributed by atoms with Gasteiger partial charge < -0.3 is 15.4 Å². The predicted octanol–water partition coefficient (Wildman–Crippen LogP) is 1.60. The summed E-state index contributed by atoms with van der Waals surface area (Å²) < 4.78 is 5.60. The molecule has 5 heteroatoms. The van der Waals surface area contributed by atoms with Gasteiger partial charge in [0.05, 0.1) is 18.7 Å². The standard InChI is InChI=1S/C13H20N2O2S/c1-10(14)13(16)15(8-11-4-2-6-17-11)9-12-5-3-7-18-12/h3,5,7,10-11H,2,4,6,8-9,14H2,1H3. The topological polar surface area (TPSA) is 55.6 Å². The molecule has 2 N–H and O–H groups in total. The van der Waals surface area contributed by atoms with Crippen molar-refractivity contribution in [2.75, 3.05) is 13.2 Å². The van der Waals surface area contributed by atoms with Crippen LogP contribution in [0.1, 0.15) is 24.6 Å². The molecular formula is C13H20N2O2S. The van der Waals surface area contributed by atoms with E-state index >= 15 is 0 Å². The molecule has 1 amide bonds. The van der Waals surface area contributed by atoms with Gasteiger partial charge in [0.1, 0.15) is 0 Å². The summed E-state index contributed by atoms with van der Waals surface area (Å²) in [4.78, 5) is 15.1. The van der Waals surface area contributed by atoms with Gasteiger partial charge >= 0.3 is 0 Å². The third-order valence-corrected chi connectivity index (χ3v) is 3.94. The van der Waals surface area contributed by atoms with Crippen LogP contribution in [0.3, 0.4) is 0 Å². The minimum absolute atomic E-state index is 0.00102. The number of thiophene rings is 1. The van der Waals surface area contributed by atoms with E-state index in [0.29, 0.717) is 13.1 Å². The van der Waals surface area contributed by atoms with E-state index in [9.17, 15) is 4.79 Å². The van der Waals surface area contributed by atoms with Gasteiger partial charge in [0.2, 0.25) is 5.91 Å². The summed E-state index contributed by atoms with van der Waals surface area (Å²) in [5.74, 6) is -0.00102. The molecule has 0 bridgehead atoms. The average Bonchev–Trinajstić information content (AvgIpc) is 2.99. The van der Waals surface area contributed by atoms with Gasteiger partial charge in [0.15, 0.2) is 0 Å². The van der Waals surface area contributed by atoms with Gasteiger partial charge in [-0.1, -0.05) is 6.07 Å². The van der Waals surface area contributed by atoms with Crippen LogP contribution in [0.25, 0.3) is 0 Å². The van der Waals surface area contributed by atoms with E-state index in [1.54, 1.807) is 18.3 Å². The summed E-state index contributed by atoms with van der Waals surface area (Å²) >= 11 is 1.66. The third kappa shape index (κ3) is 3.54. The highest BCUT2D eigenvalue weighted by atomic mass is 32.1. The fourth-order valence-electron chi connectivity index (χ4n) is 2.15. The van der Waals surface area contributed by atoms with E-state index in [0.717, 1.165) is 19.4 Å². The molecule has 1 aliphatic heterocycles. The minimum atomic E-state index is -0.452. The largest absolute Gasteiger partial charge is 0.376 e. The van der Waals surface area contributed by atoms with Crippen LogP contribution in [0.4, 0.5) is 0 Å². The molecule has 2 heterocycles. The highest BCUT2D eigenvalue weighted by Crippen LogP contribution is 2.17. The van der Waals surface area contributed by atoms with Crippen molar-refractivity contribution < 1.29 is 9.53 Å². The van der Waals surface area contributed by atoms with Gasteiger partial charge in [-0.2, -0.15) is 0 Å². The van der Waals surface area contributed by atoms with Crippen LogP contribution in [0.5, 0.6) is 0 Å². The zero-order valence-electron chi connectivity index (χ0n) is 10.7. The molecule has 1 saturated heterocycles. The van der Waals surface area contributed by atoms with E-state index < -0.39 is 6.04 Å². The number of ether oxygens (including phenoxy) is 1. The maximum Gasteiger partial charge on any atom is 0.239 e. The minimum Gasteiger partial charge on any atom is -0.376 e. The zero-order chi connectivity index (χ0) is 13.0. The Morgan fingerprint density at radius 2 is 2.56 bits per heavy atom. The smallest absolute Gasteiger partial charge is 0.239 e. The highest BCUT2D eigenvalue weighted by Gasteiger charge is 2.24. The molecule has 1 aliphatic rings. The number of hydrogen-bond acceptors (Lipinski definition) is 4. The van der Waals surface area contributed by atoms with Gasteiger partial charge in [0.25, 0.3) is 0 Å². The molecular weight excluding hydrogens is 248 g/mol. The second-order valence-corrected chi connectivity index (χ2v) is 5.75. The number of carbonyl (C=O) groups excluding carboxylic acids is 1. The van der Waals surface area contributed by atoms with Crippen molar-refractivity contribution in [3.05, 3.63) is 22.4 Å². The third-order valence-electron chi connectivity index (χ3n) is 3.08. The second-order valence-electron chi connectivity index (χ2n) is 4.72. The molecule has 0 aliphatic carbocycles. The lowest BCUT2D eigenvalue weighted by Gasteiger charge is -2.26. The molecule has 1 aromatic rings. The quantitative estimate of drug-likeness (QED) is 0.882. The van der Waals surface area contributed by atoms with Crippen molar-refractivity contribution in [3.8, 4) is 0 Å². The maximum absolute atomic E-state index is 12.1. The van der Waals surface area contributed by atoms with E-state index in [-0.39, 0.29) is 12.0 Å². The molecule has 2 atom stereocenters. The number of hydrogen-bond donors (Lipinski definition) is 1. The lowest BCUT2D eigenvalue weighted by atomic mass is 10.2. The molecule has 0 aromatic carbocycles. The summed E-state index contributed by atoms with van der Waals surface area (Å²) in [7, 11) is 0. The van der Waals surface area contributed by atoms with Gasteiger partial charge in [-0.15, -0.1) is 11.3 Å². The highest BCUT2D eigenvalue weighted by molar-refractivity contribution is 7.09. The van der Waals surface area contributed by atoms with Crippen molar-refractivity contribution in [1.82, 2.24) is 4.90 Å². The van der Waals surface area contributed by atoms with Crippen LogP contribution in [-0.2, 0) is 16.1 Å². The van der Waals surface area contributed by atoms with Gasteiger partial charge in [-0.05, 0) is 31.2 Å². The summed E-state index contributed by atoms with van der Waals surface area (Å²) in [6.07, 6.45) is 2.30. The van der Waals surface area contributed by atoms with Crippen molar-refractivity contribution in [1.29, 1.82) is 0 Å². The molecule has 0 radical (unpaired) electrons. The lowest BCUT2D eigenvalue weighted by molar-refractivity contribution is -0.134. The molecule has 18 heavy (non-hydrogen) atoms.